The monoisotopic (exact) mass is 685 g/mol. The van der Waals surface area contributed by atoms with Crippen LogP contribution in [-0.2, 0) is 27.9 Å². The predicted octanol–water partition coefficient (Wildman–Crippen LogP) is 6.70. The van der Waals surface area contributed by atoms with Gasteiger partial charge in [0.05, 0.1) is 39.6 Å². The van der Waals surface area contributed by atoms with Crippen molar-refractivity contribution in [2.45, 2.75) is 63.6 Å². The molecule has 1 unspecified atom stereocenters. The minimum Gasteiger partial charge on any atom is -0.442 e. The number of pyridine rings is 1. The van der Waals surface area contributed by atoms with Crippen molar-refractivity contribution in [3.8, 4) is 17.5 Å². The lowest BCUT2D eigenvalue weighted by molar-refractivity contribution is -0.387. The van der Waals surface area contributed by atoms with Crippen molar-refractivity contribution in [2.75, 3.05) is 10.9 Å². The number of ether oxygens (including phenoxy) is 1. The van der Waals surface area contributed by atoms with Gasteiger partial charge in [0.2, 0.25) is 0 Å². The first-order chi connectivity index (χ1) is 22.7. The number of oxazole rings is 1. The number of sulfonamides is 1. The fourth-order valence-corrected chi connectivity index (χ4v) is 8.84. The molecule has 5 aromatic rings. The average Bonchev–Trinajstić information content (AvgIpc) is 3.75. The van der Waals surface area contributed by atoms with Gasteiger partial charge in [0.1, 0.15) is 18.5 Å². The van der Waals surface area contributed by atoms with Gasteiger partial charge < -0.3 is 9.15 Å². The van der Waals surface area contributed by atoms with Crippen LogP contribution in [0.25, 0.3) is 22.4 Å². The lowest BCUT2D eigenvalue weighted by Gasteiger charge is -2.38. The first-order valence-corrected chi connectivity index (χ1v) is 20.5. The number of nitriles is 1. The Morgan fingerprint density at radius 2 is 1.96 bits per heavy atom. The standard InChI is InChI=1S/C33H35N7O6SSi/c1-33(2)16-23-14-22(17-34)18-36-30(23)32(33)39(47(43,44)29-9-7-6-8-27(29)40(41)42)24-10-11-26-25(15-24)31(28-19-35-20-46-28)37-38(26)21-45-12-13-48(3,4)5/h6-11,14-15,18-20,32H,12-13,16,21H2,1-5H3. The van der Waals surface area contributed by atoms with E-state index in [1.54, 1.807) is 28.9 Å². The average molecular weight is 686 g/mol. The van der Waals surface area contributed by atoms with Crippen molar-refractivity contribution < 1.29 is 22.5 Å². The van der Waals surface area contributed by atoms with Gasteiger partial charge in [0.15, 0.2) is 17.0 Å². The third kappa shape index (κ3) is 6.09. The summed E-state index contributed by atoms with van der Waals surface area (Å²) in [5, 5.41) is 27.0. The Kier molecular flexibility index (Phi) is 8.44. The Bertz CT molecular complexity index is 2170. The lowest BCUT2D eigenvalue weighted by atomic mass is 9.85. The van der Waals surface area contributed by atoms with Gasteiger partial charge in [-0.15, -0.1) is 0 Å². The zero-order valence-corrected chi connectivity index (χ0v) is 29.1. The molecule has 0 aliphatic heterocycles. The SMILES string of the molecule is CC1(C)Cc2cc(C#N)cnc2C1N(c1ccc2c(c1)c(-c1cnco1)nn2COCC[Si](C)(C)C)S(=O)(=O)c1ccccc1[N+](=O)[O-]. The summed E-state index contributed by atoms with van der Waals surface area (Å²) in [6.07, 6.45) is 4.66. The van der Waals surface area contributed by atoms with Gasteiger partial charge in [0, 0.05) is 32.3 Å². The quantitative estimate of drug-likeness (QED) is 0.0631. The maximum absolute atomic E-state index is 14.9. The molecule has 1 atom stereocenters. The van der Waals surface area contributed by atoms with Crippen LogP contribution in [0.5, 0.6) is 0 Å². The Hall–Kier alpha value is -4.91. The Morgan fingerprint density at radius 1 is 1.19 bits per heavy atom. The first kappa shape index (κ1) is 33.0. The van der Waals surface area contributed by atoms with E-state index in [-0.39, 0.29) is 12.4 Å². The molecule has 0 saturated heterocycles. The van der Waals surface area contributed by atoms with Gasteiger partial charge in [-0.05, 0) is 53.8 Å². The molecule has 6 rings (SSSR count). The highest BCUT2D eigenvalue weighted by atomic mass is 32.2. The summed E-state index contributed by atoms with van der Waals surface area (Å²) in [6, 6.07) is 14.3. The molecule has 0 bridgehead atoms. The smallest absolute Gasteiger partial charge is 0.289 e. The number of nitro benzene ring substituents is 1. The number of nitro groups is 1. The summed E-state index contributed by atoms with van der Waals surface area (Å²) >= 11 is 0. The summed E-state index contributed by atoms with van der Waals surface area (Å²) in [5.41, 5.74) is 1.65. The fraction of sp³-hybridized carbons (Fsp3) is 0.333. The molecule has 3 heterocycles. The van der Waals surface area contributed by atoms with E-state index < -0.39 is 45.1 Å². The van der Waals surface area contributed by atoms with Crippen LogP contribution in [0.3, 0.4) is 0 Å². The number of hydrogen-bond donors (Lipinski definition) is 0. The van der Waals surface area contributed by atoms with Crippen LogP contribution >= 0.6 is 0 Å². The van der Waals surface area contributed by atoms with Crippen LogP contribution in [-0.4, -0.2) is 47.8 Å². The van der Waals surface area contributed by atoms with E-state index in [2.05, 4.69) is 35.7 Å². The maximum atomic E-state index is 14.9. The summed E-state index contributed by atoms with van der Waals surface area (Å²) in [6.45, 7) is 11.4. The molecule has 48 heavy (non-hydrogen) atoms. The van der Waals surface area contributed by atoms with Crippen molar-refractivity contribution in [1.82, 2.24) is 19.7 Å². The second kappa shape index (κ2) is 12.3. The number of rotatable bonds is 11. The topological polar surface area (TPSA) is 170 Å². The largest absolute Gasteiger partial charge is 0.442 e. The highest BCUT2D eigenvalue weighted by Crippen LogP contribution is 2.52. The number of benzene rings is 2. The van der Waals surface area contributed by atoms with E-state index in [1.165, 1.54) is 47.4 Å². The molecule has 0 radical (unpaired) electrons. The summed E-state index contributed by atoms with van der Waals surface area (Å²) in [4.78, 5) is 19.6. The number of anilines is 1. The van der Waals surface area contributed by atoms with Gasteiger partial charge in [0.25, 0.3) is 15.7 Å². The number of nitrogens with zero attached hydrogens (tertiary/aromatic N) is 7. The molecule has 0 saturated carbocycles. The second-order valence-electron chi connectivity index (χ2n) is 13.7. The Morgan fingerprint density at radius 3 is 2.65 bits per heavy atom. The zero-order valence-electron chi connectivity index (χ0n) is 27.2. The third-order valence-corrected chi connectivity index (χ3v) is 12.0. The predicted molar refractivity (Wildman–Crippen MR) is 181 cm³/mol. The fourth-order valence-electron chi connectivity index (χ4n) is 6.16. The molecular formula is C33H35N7O6SSi. The van der Waals surface area contributed by atoms with Crippen LogP contribution in [0.4, 0.5) is 11.4 Å². The first-order valence-electron chi connectivity index (χ1n) is 15.4. The van der Waals surface area contributed by atoms with Crippen molar-refractivity contribution in [1.29, 1.82) is 5.26 Å². The normalized spacial score (nSPS) is 15.7. The highest BCUT2D eigenvalue weighted by molar-refractivity contribution is 7.93. The summed E-state index contributed by atoms with van der Waals surface area (Å²) < 4.78 is 44.3. The minimum atomic E-state index is -4.60. The van der Waals surface area contributed by atoms with Gasteiger partial charge >= 0.3 is 0 Å². The number of aromatic nitrogens is 4. The van der Waals surface area contributed by atoms with E-state index in [4.69, 9.17) is 14.3 Å². The minimum absolute atomic E-state index is 0.168. The molecule has 0 N–H and O–H groups in total. The van der Waals surface area contributed by atoms with E-state index in [9.17, 15) is 23.8 Å². The lowest BCUT2D eigenvalue weighted by Crippen LogP contribution is -2.41. The van der Waals surface area contributed by atoms with Gasteiger partial charge in [-0.25, -0.2) is 18.1 Å². The molecule has 0 fully saturated rings. The highest BCUT2D eigenvalue weighted by Gasteiger charge is 2.49. The molecular weight excluding hydrogens is 651 g/mol. The summed E-state index contributed by atoms with van der Waals surface area (Å²) in [5.74, 6) is 0.378. The molecule has 13 nitrogen and oxygen atoms in total. The Labute approximate surface area is 279 Å². The van der Waals surface area contributed by atoms with Crippen molar-refractivity contribution in [3.63, 3.8) is 0 Å². The molecule has 1 aliphatic rings. The molecule has 1 aliphatic carbocycles. The third-order valence-electron chi connectivity index (χ3n) is 8.47. The van der Waals surface area contributed by atoms with Crippen molar-refractivity contribution >= 4 is 40.4 Å². The molecule has 0 spiro atoms. The van der Waals surface area contributed by atoms with Crippen molar-refractivity contribution in [3.05, 3.63) is 94.3 Å². The van der Waals surface area contributed by atoms with Crippen LogP contribution in [0.2, 0.25) is 25.7 Å². The van der Waals surface area contributed by atoms with Gasteiger partial charge in [-0.2, -0.15) is 10.4 Å². The Balaban J connectivity index is 1.56. The zero-order chi connectivity index (χ0) is 34.4. The molecule has 0 amide bonds. The van der Waals surface area contributed by atoms with Crippen LogP contribution < -0.4 is 4.31 Å². The van der Waals surface area contributed by atoms with E-state index in [0.29, 0.717) is 46.6 Å². The molecule has 15 heteroatoms. The van der Waals surface area contributed by atoms with Crippen LogP contribution in [0.1, 0.15) is 36.7 Å². The summed E-state index contributed by atoms with van der Waals surface area (Å²) in [7, 11) is -5.92. The second-order valence-corrected chi connectivity index (χ2v) is 21.1. The number of hydrogen-bond acceptors (Lipinski definition) is 10. The number of para-hydroxylation sites is 1. The van der Waals surface area contributed by atoms with E-state index >= 15 is 0 Å². The van der Waals surface area contributed by atoms with Gasteiger partial charge in [-0.3, -0.25) is 19.4 Å². The van der Waals surface area contributed by atoms with Crippen LogP contribution in [0, 0.1) is 26.9 Å². The van der Waals surface area contributed by atoms with Gasteiger partial charge in [-0.1, -0.05) is 45.6 Å². The van der Waals surface area contributed by atoms with E-state index in [0.717, 1.165) is 11.6 Å². The maximum Gasteiger partial charge on any atom is 0.289 e. The van der Waals surface area contributed by atoms with Crippen LogP contribution in [0.15, 0.2) is 76.6 Å². The number of fused-ring (bicyclic) bond motifs is 2. The molecule has 2 aromatic carbocycles. The molecule has 3 aromatic heterocycles. The van der Waals surface area contributed by atoms with Crippen molar-refractivity contribution in [2.24, 2.45) is 5.41 Å². The van der Waals surface area contributed by atoms with E-state index in [1.807, 2.05) is 13.8 Å². The molecule has 248 valence electrons.